The summed E-state index contributed by atoms with van der Waals surface area (Å²) >= 11 is 7.26. The molecule has 0 atom stereocenters. The zero-order valence-electron chi connectivity index (χ0n) is 8.89. The van der Waals surface area contributed by atoms with Crippen molar-refractivity contribution in [3.8, 4) is 0 Å². The third-order valence-electron chi connectivity index (χ3n) is 2.19. The van der Waals surface area contributed by atoms with Crippen molar-refractivity contribution in [2.45, 2.75) is 12.8 Å². The lowest BCUT2D eigenvalue weighted by molar-refractivity contribution is -0.117. The number of nitrogens with zero attached hydrogens (tertiary/aromatic N) is 2. The Hall–Kier alpha value is -1.46. The van der Waals surface area contributed by atoms with Crippen LogP contribution in [0, 0.1) is 0 Å². The average molecular weight is 268 g/mol. The van der Waals surface area contributed by atoms with Gasteiger partial charge in [-0.25, -0.2) is 4.98 Å². The van der Waals surface area contributed by atoms with Gasteiger partial charge in [0, 0.05) is 30.6 Å². The van der Waals surface area contributed by atoms with Crippen molar-refractivity contribution in [1.82, 2.24) is 9.97 Å². The zero-order chi connectivity index (χ0) is 12.3. The molecule has 0 unspecified atom stereocenters. The molecule has 88 valence electrons. The van der Waals surface area contributed by atoms with E-state index < -0.39 is 0 Å². The standard InChI is InChI=1S/C11H10ClN3OS/c12-10-5-14-2-1-7(10)3-9(16)4-8-6-17-11(13)15-8/h1-2,5-6H,3-4H2,(H2,13,15). The Kier molecular flexibility index (Phi) is 3.71. The lowest BCUT2D eigenvalue weighted by atomic mass is 10.1. The second kappa shape index (κ2) is 5.25. The second-order valence-corrected chi connectivity index (χ2v) is 4.83. The number of carbonyl (C=O) groups is 1. The fourth-order valence-electron chi connectivity index (χ4n) is 1.43. The van der Waals surface area contributed by atoms with Gasteiger partial charge in [-0.2, -0.15) is 0 Å². The number of hydrogen-bond acceptors (Lipinski definition) is 5. The molecule has 0 aromatic carbocycles. The highest BCUT2D eigenvalue weighted by Crippen LogP contribution is 2.16. The SMILES string of the molecule is Nc1nc(CC(=O)Cc2ccncc2Cl)cs1. The molecule has 6 heteroatoms. The topological polar surface area (TPSA) is 68.9 Å². The van der Waals surface area contributed by atoms with Crippen LogP contribution in [-0.4, -0.2) is 15.8 Å². The summed E-state index contributed by atoms with van der Waals surface area (Å²) < 4.78 is 0. The summed E-state index contributed by atoms with van der Waals surface area (Å²) in [7, 11) is 0. The van der Waals surface area contributed by atoms with E-state index in [0.29, 0.717) is 22.3 Å². The summed E-state index contributed by atoms with van der Waals surface area (Å²) in [5.74, 6) is 0.0587. The predicted octanol–water partition coefficient (Wildman–Crippen LogP) is 2.13. The number of ketones is 1. The summed E-state index contributed by atoms with van der Waals surface area (Å²) in [5, 5.41) is 2.79. The molecule has 0 aliphatic heterocycles. The van der Waals surface area contributed by atoms with Gasteiger partial charge in [-0.15, -0.1) is 11.3 Å². The van der Waals surface area contributed by atoms with Crippen molar-refractivity contribution in [2.24, 2.45) is 0 Å². The first-order valence-corrected chi connectivity index (χ1v) is 6.21. The minimum absolute atomic E-state index is 0.0587. The van der Waals surface area contributed by atoms with Gasteiger partial charge in [0.05, 0.1) is 10.7 Å². The number of rotatable bonds is 4. The first kappa shape index (κ1) is 12.0. The Morgan fingerprint density at radius 2 is 2.29 bits per heavy atom. The van der Waals surface area contributed by atoms with Gasteiger partial charge < -0.3 is 5.73 Å². The molecule has 4 nitrogen and oxygen atoms in total. The normalized spacial score (nSPS) is 10.4. The van der Waals surface area contributed by atoms with E-state index >= 15 is 0 Å². The Labute approximate surface area is 107 Å². The molecule has 0 aliphatic carbocycles. The molecule has 2 rings (SSSR count). The highest BCUT2D eigenvalue weighted by Gasteiger charge is 2.09. The molecule has 2 N–H and O–H groups in total. The monoisotopic (exact) mass is 267 g/mol. The number of halogens is 1. The molecule has 0 spiro atoms. The molecule has 17 heavy (non-hydrogen) atoms. The smallest absolute Gasteiger partial charge is 0.180 e. The Morgan fingerprint density at radius 1 is 1.47 bits per heavy atom. The Bertz CT molecular complexity index is 541. The van der Waals surface area contributed by atoms with E-state index in [0.717, 1.165) is 5.56 Å². The maximum absolute atomic E-state index is 11.8. The molecule has 2 heterocycles. The molecule has 0 fully saturated rings. The van der Waals surface area contributed by atoms with E-state index in [9.17, 15) is 4.79 Å². The number of aromatic nitrogens is 2. The summed E-state index contributed by atoms with van der Waals surface area (Å²) in [6.45, 7) is 0. The van der Waals surface area contributed by atoms with Crippen LogP contribution >= 0.6 is 22.9 Å². The summed E-state index contributed by atoms with van der Waals surface area (Å²) in [5.41, 5.74) is 7.00. The lowest BCUT2D eigenvalue weighted by Crippen LogP contribution is -2.07. The molecule has 2 aromatic rings. The Morgan fingerprint density at radius 3 is 2.94 bits per heavy atom. The van der Waals surface area contributed by atoms with Gasteiger partial charge in [0.25, 0.3) is 0 Å². The van der Waals surface area contributed by atoms with Crippen LogP contribution in [-0.2, 0) is 17.6 Å². The number of carbonyl (C=O) groups excluding carboxylic acids is 1. The van der Waals surface area contributed by atoms with Crippen molar-refractivity contribution in [3.63, 3.8) is 0 Å². The van der Waals surface area contributed by atoms with Crippen LogP contribution in [0.15, 0.2) is 23.8 Å². The maximum Gasteiger partial charge on any atom is 0.180 e. The van der Waals surface area contributed by atoms with E-state index in [-0.39, 0.29) is 12.2 Å². The highest BCUT2D eigenvalue weighted by atomic mass is 35.5. The van der Waals surface area contributed by atoms with Gasteiger partial charge in [0.1, 0.15) is 5.78 Å². The number of hydrogen-bond donors (Lipinski definition) is 1. The molecule has 0 amide bonds. The van der Waals surface area contributed by atoms with Crippen LogP contribution < -0.4 is 5.73 Å². The summed E-state index contributed by atoms with van der Waals surface area (Å²) in [6.07, 6.45) is 3.73. The van der Waals surface area contributed by atoms with Crippen LogP contribution in [0.4, 0.5) is 5.13 Å². The van der Waals surface area contributed by atoms with Gasteiger partial charge in [-0.1, -0.05) is 11.6 Å². The third kappa shape index (κ3) is 3.25. The molecule has 0 saturated heterocycles. The first-order chi connectivity index (χ1) is 8.15. The number of thiazole rings is 1. The molecule has 0 aliphatic rings. The number of Topliss-reactive ketones (excluding diaryl/α,β-unsaturated/α-hetero) is 1. The molecule has 0 bridgehead atoms. The van der Waals surface area contributed by atoms with E-state index in [2.05, 4.69) is 9.97 Å². The van der Waals surface area contributed by atoms with Crippen LogP contribution in [0.2, 0.25) is 5.02 Å². The third-order valence-corrected chi connectivity index (χ3v) is 3.25. The van der Waals surface area contributed by atoms with Gasteiger partial charge in [-0.05, 0) is 11.6 Å². The van der Waals surface area contributed by atoms with Gasteiger partial charge >= 0.3 is 0 Å². The molecular formula is C11H10ClN3OS. The number of pyridine rings is 1. The summed E-state index contributed by atoms with van der Waals surface area (Å²) in [6, 6.07) is 1.75. The van der Waals surface area contributed by atoms with Crippen LogP contribution in [0.3, 0.4) is 0 Å². The Balaban J connectivity index is 2.01. The minimum atomic E-state index is 0.0587. The fraction of sp³-hybridized carbons (Fsp3) is 0.182. The molecule has 0 radical (unpaired) electrons. The van der Waals surface area contributed by atoms with E-state index in [1.807, 2.05) is 0 Å². The van der Waals surface area contributed by atoms with Gasteiger partial charge in [0.15, 0.2) is 5.13 Å². The number of nitrogen functional groups attached to an aromatic ring is 1. The molecular weight excluding hydrogens is 258 g/mol. The van der Waals surface area contributed by atoms with Gasteiger partial charge in [-0.3, -0.25) is 9.78 Å². The highest BCUT2D eigenvalue weighted by molar-refractivity contribution is 7.13. The fourth-order valence-corrected chi connectivity index (χ4v) is 2.18. The largest absolute Gasteiger partial charge is 0.375 e. The van der Waals surface area contributed by atoms with E-state index in [1.54, 1.807) is 17.6 Å². The van der Waals surface area contributed by atoms with Crippen molar-refractivity contribution in [3.05, 3.63) is 40.1 Å². The van der Waals surface area contributed by atoms with Crippen LogP contribution in [0.25, 0.3) is 0 Å². The molecule has 2 aromatic heterocycles. The average Bonchev–Trinajstić information content (AvgIpc) is 2.67. The zero-order valence-corrected chi connectivity index (χ0v) is 10.5. The number of nitrogens with two attached hydrogens (primary N) is 1. The quantitative estimate of drug-likeness (QED) is 0.921. The van der Waals surface area contributed by atoms with Crippen molar-refractivity contribution in [1.29, 1.82) is 0 Å². The maximum atomic E-state index is 11.8. The first-order valence-electron chi connectivity index (χ1n) is 4.95. The van der Waals surface area contributed by atoms with Gasteiger partial charge in [0.2, 0.25) is 0 Å². The molecule has 0 saturated carbocycles. The predicted molar refractivity (Wildman–Crippen MR) is 68.2 cm³/mol. The lowest BCUT2D eigenvalue weighted by Gasteiger charge is -2.01. The van der Waals surface area contributed by atoms with Crippen LogP contribution in [0.5, 0.6) is 0 Å². The van der Waals surface area contributed by atoms with Crippen molar-refractivity contribution in [2.75, 3.05) is 5.73 Å². The summed E-state index contributed by atoms with van der Waals surface area (Å²) in [4.78, 5) is 19.7. The van der Waals surface area contributed by atoms with E-state index in [1.165, 1.54) is 17.5 Å². The number of anilines is 1. The minimum Gasteiger partial charge on any atom is -0.375 e. The van der Waals surface area contributed by atoms with Crippen LogP contribution in [0.1, 0.15) is 11.3 Å². The van der Waals surface area contributed by atoms with Crippen molar-refractivity contribution >= 4 is 33.9 Å². The second-order valence-electron chi connectivity index (χ2n) is 3.54. The van der Waals surface area contributed by atoms with Crippen molar-refractivity contribution < 1.29 is 4.79 Å². The van der Waals surface area contributed by atoms with E-state index in [4.69, 9.17) is 17.3 Å².